The molecule has 18 heavy (non-hydrogen) atoms. The smallest absolute Gasteiger partial charge is 0.242 e. The van der Waals surface area contributed by atoms with Crippen molar-refractivity contribution in [1.82, 2.24) is 15.0 Å². The number of rotatable bonds is 5. The number of piperidine rings is 1. The quantitative estimate of drug-likeness (QED) is 0.829. The lowest BCUT2D eigenvalue weighted by molar-refractivity contribution is 0.271. The summed E-state index contributed by atoms with van der Waals surface area (Å²) >= 11 is 0. The molecule has 1 saturated heterocycles. The summed E-state index contributed by atoms with van der Waals surface area (Å²) in [7, 11) is 0. The van der Waals surface area contributed by atoms with E-state index < -0.39 is 0 Å². The van der Waals surface area contributed by atoms with Crippen molar-refractivity contribution >= 4 is 11.5 Å². The first-order chi connectivity index (χ1) is 8.81. The zero-order valence-corrected chi connectivity index (χ0v) is 10.9. The van der Waals surface area contributed by atoms with Gasteiger partial charge in [-0.15, -0.1) is 0 Å². The zero-order chi connectivity index (χ0) is 12.8. The summed E-state index contributed by atoms with van der Waals surface area (Å²) in [5.74, 6) is 1.10. The number of nitrogen functional groups attached to an aromatic ring is 1. The SMILES string of the molecule is CCCOc1ncnc(NN2CCCCC2)c1N. The van der Waals surface area contributed by atoms with Gasteiger partial charge in [-0.1, -0.05) is 13.3 Å². The molecule has 100 valence electrons. The van der Waals surface area contributed by atoms with Crippen molar-refractivity contribution in [3.8, 4) is 5.88 Å². The average Bonchev–Trinajstić information content (AvgIpc) is 2.41. The third-order valence-corrected chi connectivity index (χ3v) is 2.91. The predicted octanol–water partition coefficient (Wildman–Crippen LogP) is 1.66. The number of nitrogens with zero attached hydrogens (tertiary/aromatic N) is 3. The molecule has 0 bridgehead atoms. The minimum atomic E-state index is 0.464. The molecule has 6 nitrogen and oxygen atoms in total. The van der Waals surface area contributed by atoms with Gasteiger partial charge in [0.05, 0.1) is 6.61 Å². The van der Waals surface area contributed by atoms with Crippen LogP contribution in [0.25, 0.3) is 0 Å². The van der Waals surface area contributed by atoms with Crippen molar-refractivity contribution in [2.24, 2.45) is 0 Å². The number of anilines is 2. The van der Waals surface area contributed by atoms with E-state index in [4.69, 9.17) is 10.5 Å². The normalized spacial score (nSPS) is 16.5. The van der Waals surface area contributed by atoms with Crippen molar-refractivity contribution < 1.29 is 4.74 Å². The number of hydrazine groups is 1. The third kappa shape index (κ3) is 3.22. The minimum Gasteiger partial charge on any atom is -0.476 e. The van der Waals surface area contributed by atoms with E-state index >= 15 is 0 Å². The summed E-state index contributed by atoms with van der Waals surface area (Å²) in [6.07, 6.45) is 6.11. The first-order valence-electron chi connectivity index (χ1n) is 6.56. The van der Waals surface area contributed by atoms with Gasteiger partial charge in [-0.25, -0.2) is 9.99 Å². The highest BCUT2D eigenvalue weighted by Crippen LogP contribution is 2.25. The maximum atomic E-state index is 6.00. The number of nitrogens with two attached hydrogens (primary N) is 1. The van der Waals surface area contributed by atoms with Gasteiger partial charge in [-0.2, -0.15) is 4.98 Å². The average molecular weight is 251 g/mol. The van der Waals surface area contributed by atoms with Crippen LogP contribution in [0.5, 0.6) is 5.88 Å². The molecule has 0 atom stereocenters. The Hall–Kier alpha value is -1.56. The van der Waals surface area contributed by atoms with Crippen LogP contribution in [0.1, 0.15) is 32.6 Å². The van der Waals surface area contributed by atoms with Crippen molar-refractivity contribution in [2.45, 2.75) is 32.6 Å². The molecular weight excluding hydrogens is 230 g/mol. The first-order valence-corrected chi connectivity index (χ1v) is 6.56. The van der Waals surface area contributed by atoms with Gasteiger partial charge in [-0.05, 0) is 19.3 Å². The molecule has 0 amide bonds. The largest absolute Gasteiger partial charge is 0.476 e. The first kappa shape index (κ1) is 12.9. The molecule has 1 aliphatic heterocycles. The Morgan fingerprint density at radius 2 is 2.11 bits per heavy atom. The molecule has 6 heteroatoms. The van der Waals surface area contributed by atoms with Crippen LogP contribution in [0.4, 0.5) is 11.5 Å². The van der Waals surface area contributed by atoms with E-state index in [2.05, 4.69) is 20.4 Å². The second-order valence-corrected chi connectivity index (χ2v) is 4.45. The van der Waals surface area contributed by atoms with E-state index in [0.717, 1.165) is 19.5 Å². The fraction of sp³-hybridized carbons (Fsp3) is 0.667. The van der Waals surface area contributed by atoms with Crippen LogP contribution in [0.3, 0.4) is 0 Å². The molecule has 0 aromatic carbocycles. The Labute approximate surface area is 108 Å². The number of hydrogen-bond donors (Lipinski definition) is 2. The fourth-order valence-corrected chi connectivity index (χ4v) is 1.94. The van der Waals surface area contributed by atoms with Gasteiger partial charge in [0, 0.05) is 13.1 Å². The van der Waals surface area contributed by atoms with Gasteiger partial charge in [0.2, 0.25) is 5.88 Å². The lowest BCUT2D eigenvalue weighted by atomic mass is 10.2. The van der Waals surface area contributed by atoms with Crippen molar-refractivity contribution in [3.63, 3.8) is 0 Å². The second kappa shape index (κ2) is 6.39. The van der Waals surface area contributed by atoms with Crippen molar-refractivity contribution in [2.75, 3.05) is 30.9 Å². The Balaban J connectivity index is 2.02. The van der Waals surface area contributed by atoms with Gasteiger partial charge >= 0.3 is 0 Å². The number of aromatic nitrogens is 2. The molecule has 1 aromatic heterocycles. The fourth-order valence-electron chi connectivity index (χ4n) is 1.94. The topological polar surface area (TPSA) is 76.3 Å². The lowest BCUT2D eigenvalue weighted by Gasteiger charge is -2.27. The van der Waals surface area contributed by atoms with E-state index in [1.807, 2.05) is 6.92 Å². The summed E-state index contributed by atoms with van der Waals surface area (Å²) in [6.45, 7) is 4.71. The molecule has 2 rings (SSSR count). The highest BCUT2D eigenvalue weighted by molar-refractivity contribution is 5.65. The van der Waals surface area contributed by atoms with E-state index in [-0.39, 0.29) is 0 Å². The summed E-state index contributed by atoms with van der Waals surface area (Å²) in [5.41, 5.74) is 9.73. The maximum absolute atomic E-state index is 6.00. The molecule has 2 heterocycles. The van der Waals surface area contributed by atoms with Crippen LogP contribution < -0.4 is 15.9 Å². The molecule has 0 saturated carbocycles. The summed E-state index contributed by atoms with van der Waals surface area (Å²) in [5, 5.41) is 2.14. The van der Waals surface area contributed by atoms with Gasteiger partial charge in [0.15, 0.2) is 5.82 Å². The zero-order valence-electron chi connectivity index (χ0n) is 10.9. The molecule has 1 fully saturated rings. The molecule has 0 aliphatic carbocycles. The van der Waals surface area contributed by atoms with Crippen LogP contribution >= 0.6 is 0 Å². The second-order valence-electron chi connectivity index (χ2n) is 4.45. The van der Waals surface area contributed by atoms with E-state index in [1.54, 1.807) is 0 Å². The van der Waals surface area contributed by atoms with Crippen LogP contribution in [0.15, 0.2) is 6.33 Å². The van der Waals surface area contributed by atoms with Crippen LogP contribution in [-0.2, 0) is 0 Å². The Morgan fingerprint density at radius 3 is 2.83 bits per heavy atom. The molecule has 0 spiro atoms. The van der Waals surface area contributed by atoms with Crippen molar-refractivity contribution in [1.29, 1.82) is 0 Å². The summed E-state index contributed by atoms with van der Waals surface area (Å²) in [6, 6.07) is 0. The maximum Gasteiger partial charge on any atom is 0.242 e. The lowest BCUT2D eigenvalue weighted by Crippen LogP contribution is -2.35. The predicted molar refractivity (Wildman–Crippen MR) is 71.3 cm³/mol. The van der Waals surface area contributed by atoms with Gasteiger partial charge in [-0.3, -0.25) is 0 Å². The Kier molecular flexibility index (Phi) is 4.58. The van der Waals surface area contributed by atoms with Crippen molar-refractivity contribution in [3.05, 3.63) is 6.33 Å². The molecule has 1 aliphatic rings. The molecule has 3 N–H and O–H groups in total. The highest BCUT2D eigenvalue weighted by Gasteiger charge is 2.14. The van der Waals surface area contributed by atoms with Crippen LogP contribution in [-0.4, -0.2) is 34.7 Å². The van der Waals surface area contributed by atoms with E-state index in [9.17, 15) is 0 Å². The Morgan fingerprint density at radius 1 is 1.33 bits per heavy atom. The molecule has 1 aromatic rings. The minimum absolute atomic E-state index is 0.464. The van der Waals surface area contributed by atoms with E-state index in [1.165, 1.54) is 25.6 Å². The number of ether oxygens (including phenoxy) is 1. The third-order valence-electron chi connectivity index (χ3n) is 2.91. The number of hydrogen-bond acceptors (Lipinski definition) is 6. The Bertz CT molecular complexity index is 379. The van der Waals surface area contributed by atoms with Gasteiger partial charge in [0.25, 0.3) is 0 Å². The monoisotopic (exact) mass is 251 g/mol. The summed E-state index contributed by atoms with van der Waals surface area (Å²) < 4.78 is 5.48. The van der Waals surface area contributed by atoms with Gasteiger partial charge < -0.3 is 15.9 Å². The van der Waals surface area contributed by atoms with Crippen LogP contribution in [0.2, 0.25) is 0 Å². The van der Waals surface area contributed by atoms with Crippen LogP contribution in [0, 0.1) is 0 Å². The highest BCUT2D eigenvalue weighted by atomic mass is 16.5. The molecule has 0 radical (unpaired) electrons. The van der Waals surface area contributed by atoms with Gasteiger partial charge in [0.1, 0.15) is 12.0 Å². The molecule has 0 unspecified atom stereocenters. The standard InChI is InChI=1S/C12H21N5O/c1-2-8-18-12-10(13)11(14-9-15-12)16-17-6-4-3-5-7-17/h9H,2-8,13H2,1H3,(H,14,15,16). The molecular formula is C12H21N5O. The number of nitrogens with one attached hydrogen (secondary N) is 1. The van der Waals surface area contributed by atoms with E-state index in [0.29, 0.717) is 24.0 Å². The summed E-state index contributed by atoms with van der Waals surface area (Å²) in [4.78, 5) is 8.22.